The maximum absolute atomic E-state index is 14.0. The number of amides is 3. The zero-order valence-corrected chi connectivity index (χ0v) is 21.4. The number of nitrogens with one attached hydrogen (secondary N) is 2. The number of likely N-dealkylation sites (N-methyl/N-ethyl adjacent to an activating group) is 1. The molecule has 0 aliphatic carbocycles. The van der Waals surface area contributed by atoms with E-state index in [9.17, 15) is 14.4 Å². The van der Waals surface area contributed by atoms with Gasteiger partial charge < -0.3 is 25.0 Å². The summed E-state index contributed by atoms with van der Waals surface area (Å²) in [5.41, 5.74) is 0.0854. The number of anilines is 1. The standard InChI is InChI=1S/C29H31N3O5/c1-28(2,3)37-26(34)30-24(21-15-9-6-10-16-21)29(22-17-11-12-18-23(22)32(4)25(29)33)31-27(35)36-19-20-13-7-5-8-14-20/h5-18,24H,19H2,1-4H3,(H,30,34)(H,31,35)/t24-,29?/m0/s1. The summed E-state index contributed by atoms with van der Waals surface area (Å²) in [5.74, 6) is -0.421. The Morgan fingerprint density at radius 1 is 0.892 bits per heavy atom. The van der Waals surface area contributed by atoms with Gasteiger partial charge in [0, 0.05) is 18.3 Å². The monoisotopic (exact) mass is 501 g/mol. The molecular weight excluding hydrogens is 470 g/mol. The van der Waals surface area contributed by atoms with Gasteiger partial charge in [0.25, 0.3) is 5.91 Å². The Hall–Kier alpha value is -4.33. The second kappa shape index (κ2) is 10.3. The van der Waals surface area contributed by atoms with Gasteiger partial charge in [0.2, 0.25) is 0 Å². The van der Waals surface area contributed by atoms with Gasteiger partial charge in [-0.1, -0.05) is 78.9 Å². The summed E-state index contributed by atoms with van der Waals surface area (Å²) >= 11 is 0. The molecule has 0 saturated heterocycles. The highest BCUT2D eigenvalue weighted by molar-refractivity contribution is 6.09. The number of ether oxygens (including phenoxy) is 2. The lowest BCUT2D eigenvalue weighted by Gasteiger charge is -2.37. The molecule has 3 aromatic carbocycles. The van der Waals surface area contributed by atoms with Gasteiger partial charge in [0.1, 0.15) is 12.2 Å². The van der Waals surface area contributed by atoms with Crippen molar-refractivity contribution in [3.05, 3.63) is 102 Å². The molecule has 1 aliphatic rings. The number of alkyl carbamates (subject to hydrolysis) is 2. The SMILES string of the molecule is CN1C(=O)C(NC(=O)OCc2ccccc2)([C@@H](NC(=O)OC(C)(C)C)c2ccccc2)c2ccccc21. The zero-order chi connectivity index (χ0) is 26.6. The average molecular weight is 502 g/mol. The predicted octanol–water partition coefficient (Wildman–Crippen LogP) is 5.05. The molecule has 0 fully saturated rings. The van der Waals surface area contributed by atoms with E-state index in [4.69, 9.17) is 9.47 Å². The molecule has 8 heteroatoms. The molecule has 2 atom stereocenters. The van der Waals surface area contributed by atoms with Crippen molar-refractivity contribution in [2.24, 2.45) is 0 Å². The quantitative estimate of drug-likeness (QED) is 0.493. The van der Waals surface area contributed by atoms with Crippen LogP contribution in [0.25, 0.3) is 0 Å². The molecule has 4 rings (SSSR count). The van der Waals surface area contributed by atoms with Crippen LogP contribution < -0.4 is 15.5 Å². The lowest BCUT2D eigenvalue weighted by Crippen LogP contribution is -2.60. The number of para-hydroxylation sites is 1. The largest absolute Gasteiger partial charge is 0.445 e. The first-order valence-electron chi connectivity index (χ1n) is 12.0. The molecule has 0 spiro atoms. The van der Waals surface area contributed by atoms with Gasteiger partial charge in [0.15, 0.2) is 5.54 Å². The first kappa shape index (κ1) is 25.8. The fourth-order valence-electron chi connectivity index (χ4n) is 4.49. The molecule has 1 unspecified atom stereocenters. The molecule has 3 amide bonds. The number of rotatable bonds is 6. The second-order valence-corrected chi connectivity index (χ2v) is 9.87. The maximum atomic E-state index is 14.0. The fraction of sp³-hybridized carbons (Fsp3) is 0.276. The van der Waals surface area contributed by atoms with E-state index < -0.39 is 35.3 Å². The van der Waals surface area contributed by atoms with Crippen LogP contribution in [0.5, 0.6) is 0 Å². The Kier molecular flexibility index (Phi) is 7.20. The summed E-state index contributed by atoms with van der Waals surface area (Å²) < 4.78 is 11.1. The Bertz CT molecular complexity index is 1270. The van der Waals surface area contributed by atoms with Gasteiger partial charge in [-0.3, -0.25) is 4.79 Å². The molecule has 0 radical (unpaired) electrons. The lowest BCUT2D eigenvalue weighted by molar-refractivity contribution is -0.125. The van der Waals surface area contributed by atoms with Gasteiger partial charge in [0.05, 0.1) is 6.04 Å². The van der Waals surface area contributed by atoms with Crippen LogP contribution in [0.1, 0.15) is 43.5 Å². The van der Waals surface area contributed by atoms with Crippen molar-refractivity contribution >= 4 is 23.8 Å². The van der Waals surface area contributed by atoms with E-state index in [1.165, 1.54) is 4.90 Å². The highest BCUT2D eigenvalue weighted by Crippen LogP contribution is 2.47. The average Bonchev–Trinajstić information content (AvgIpc) is 3.09. The number of nitrogens with zero attached hydrogens (tertiary/aromatic N) is 1. The third kappa shape index (κ3) is 5.43. The van der Waals surface area contributed by atoms with Crippen molar-refractivity contribution < 1.29 is 23.9 Å². The normalized spacial score (nSPS) is 17.5. The van der Waals surface area contributed by atoms with Crippen LogP contribution in [0.4, 0.5) is 15.3 Å². The molecule has 1 aliphatic heterocycles. The van der Waals surface area contributed by atoms with Gasteiger partial charge in [-0.15, -0.1) is 0 Å². The molecular formula is C29H31N3O5. The van der Waals surface area contributed by atoms with Crippen LogP contribution in [0.2, 0.25) is 0 Å². The molecule has 2 N–H and O–H groups in total. The van der Waals surface area contributed by atoms with Crippen molar-refractivity contribution in [3.8, 4) is 0 Å². The van der Waals surface area contributed by atoms with Crippen LogP contribution >= 0.6 is 0 Å². The van der Waals surface area contributed by atoms with E-state index in [0.29, 0.717) is 16.8 Å². The van der Waals surface area contributed by atoms with Gasteiger partial charge in [-0.2, -0.15) is 0 Å². The minimum atomic E-state index is -1.70. The molecule has 0 aromatic heterocycles. The number of carbonyl (C=O) groups excluding carboxylic acids is 3. The van der Waals surface area contributed by atoms with Crippen LogP contribution in [0.3, 0.4) is 0 Å². The number of hydrogen-bond acceptors (Lipinski definition) is 5. The Labute approximate surface area is 216 Å². The van der Waals surface area contributed by atoms with E-state index in [0.717, 1.165) is 5.56 Å². The number of carbonyl (C=O) groups is 3. The Morgan fingerprint density at radius 2 is 1.49 bits per heavy atom. The van der Waals surface area contributed by atoms with Crippen molar-refractivity contribution in [2.45, 2.75) is 44.6 Å². The first-order chi connectivity index (χ1) is 17.6. The van der Waals surface area contributed by atoms with Crippen LogP contribution in [-0.4, -0.2) is 30.7 Å². The molecule has 0 bridgehead atoms. The maximum Gasteiger partial charge on any atom is 0.408 e. The number of fused-ring (bicyclic) bond motifs is 1. The van der Waals surface area contributed by atoms with Crippen molar-refractivity contribution in [1.29, 1.82) is 0 Å². The van der Waals surface area contributed by atoms with Gasteiger partial charge in [-0.05, 0) is 38.0 Å². The predicted molar refractivity (Wildman–Crippen MR) is 140 cm³/mol. The minimum Gasteiger partial charge on any atom is -0.445 e. The molecule has 1 heterocycles. The van der Waals surface area contributed by atoms with E-state index in [1.807, 2.05) is 42.5 Å². The first-order valence-corrected chi connectivity index (χ1v) is 12.0. The molecule has 37 heavy (non-hydrogen) atoms. The highest BCUT2D eigenvalue weighted by Gasteiger charge is 2.57. The molecule has 3 aromatic rings. The third-order valence-electron chi connectivity index (χ3n) is 6.07. The van der Waals surface area contributed by atoms with Crippen molar-refractivity contribution in [3.63, 3.8) is 0 Å². The molecule has 192 valence electrons. The van der Waals surface area contributed by atoms with E-state index >= 15 is 0 Å². The summed E-state index contributed by atoms with van der Waals surface area (Å²) in [4.78, 5) is 41.8. The van der Waals surface area contributed by atoms with Crippen molar-refractivity contribution in [2.75, 3.05) is 11.9 Å². The van der Waals surface area contributed by atoms with E-state index in [1.54, 1.807) is 70.3 Å². The smallest absolute Gasteiger partial charge is 0.408 e. The van der Waals surface area contributed by atoms with E-state index in [2.05, 4.69) is 10.6 Å². The topological polar surface area (TPSA) is 97.0 Å². The second-order valence-electron chi connectivity index (χ2n) is 9.87. The van der Waals surface area contributed by atoms with Crippen LogP contribution in [-0.2, 0) is 26.4 Å². The number of hydrogen-bond donors (Lipinski definition) is 2. The molecule has 8 nitrogen and oxygen atoms in total. The Morgan fingerprint density at radius 3 is 2.14 bits per heavy atom. The number of benzene rings is 3. The summed E-state index contributed by atoms with van der Waals surface area (Å²) in [6.07, 6.45) is -1.52. The summed E-state index contributed by atoms with van der Waals surface area (Å²) in [6, 6.07) is 24.4. The third-order valence-corrected chi connectivity index (χ3v) is 6.07. The zero-order valence-electron chi connectivity index (χ0n) is 21.4. The lowest BCUT2D eigenvalue weighted by atomic mass is 9.80. The molecule has 0 saturated carbocycles. The highest BCUT2D eigenvalue weighted by atomic mass is 16.6. The summed E-state index contributed by atoms with van der Waals surface area (Å²) in [6.45, 7) is 5.28. The Balaban J connectivity index is 1.78. The van der Waals surface area contributed by atoms with E-state index in [-0.39, 0.29) is 6.61 Å². The fourth-order valence-corrected chi connectivity index (χ4v) is 4.49. The van der Waals surface area contributed by atoms with Gasteiger partial charge >= 0.3 is 12.2 Å². The van der Waals surface area contributed by atoms with Crippen LogP contribution in [0.15, 0.2) is 84.9 Å². The van der Waals surface area contributed by atoms with Crippen LogP contribution in [0, 0.1) is 0 Å². The summed E-state index contributed by atoms with van der Waals surface area (Å²) in [5, 5.41) is 5.71. The van der Waals surface area contributed by atoms with Gasteiger partial charge in [-0.25, -0.2) is 9.59 Å². The minimum absolute atomic E-state index is 0.0178. The summed E-state index contributed by atoms with van der Waals surface area (Å²) in [7, 11) is 1.63. The van der Waals surface area contributed by atoms with Crippen molar-refractivity contribution in [1.82, 2.24) is 10.6 Å².